The third-order valence-corrected chi connectivity index (χ3v) is 3.06. The van der Waals surface area contributed by atoms with Gasteiger partial charge >= 0.3 is 0 Å². The molecule has 0 atom stereocenters. The number of hydrogen-bond acceptors (Lipinski definition) is 3. The Balaban J connectivity index is 1.97. The maximum atomic E-state index is 12.3. The average Bonchev–Trinajstić information content (AvgIpc) is 2.46. The molecule has 3 rings (SSSR count). The number of carbonyl (C=O) groups excluding carboxylic acids is 1. The van der Waals surface area contributed by atoms with Gasteiger partial charge in [-0.3, -0.25) is 9.78 Å². The fraction of sp³-hybridized carbons (Fsp3) is 0. The lowest BCUT2D eigenvalue weighted by molar-refractivity contribution is 0.102. The predicted octanol–water partition coefficient (Wildman–Crippen LogP) is 3.54. The molecule has 0 aliphatic rings. The Hall–Kier alpha value is -2.46. The molecule has 98 valence electrons. The van der Waals surface area contributed by atoms with E-state index in [1.54, 1.807) is 6.07 Å². The van der Waals surface area contributed by atoms with E-state index >= 15 is 0 Å². The standard InChI is InChI=1S/C15H10ClN3O/c16-13-8-17-9-14(18-13)19-15(20)12-7-3-5-10-4-1-2-6-11(10)12/h1-9H,(H,18,19,20). The van der Waals surface area contributed by atoms with Crippen LogP contribution in [0.5, 0.6) is 0 Å². The summed E-state index contributed by atoms with van der Waals surface area (Å²) < 4.78 is 0. The van der Waals surface area contributed by atoms with Gasteiger partial charge in [-0.2, -0.15) is 0 Å². The molecule has 0 unspecified atom stereocenters. The number of anilines is 1. The molecule has 0 aliphatic carbocycles. The summed E-state index contributed by atoms with van der Waals surface area (Å²) in [6.07, 6.45) is 2.87. The highest BCUT2D eigenvalue weighted by Gasteiger charge is 2.10. The topological polar surface area (TPSA) is 54.9 Å². The molecule has 0 radical (unpaired) electrons. The molecule has 1 N–H and O–H groups in total. The first-order valence-electron chi connectivity index (χ1n) is 6.01. The number of hydrogen-bond donors (Lipinski definition) is 1. The van der Waals surface area contributed by atoms with E-state index in [1.807, 2.05) is 36.4 Å². The highest BCUT2D eigenvalue weighted by Crippen LogP contribution is 2.19. The first-order chi connectivity index (χ1) is 9.74. The largest absolute Gasteiger partial charge is 0.305 e. The Kier molecular flexibility index (Phi) is 3.31. The zero-order valence-electron chi connectivity index (χ0n) is 10.4. The van der Waals surface area contributed by atoms with Crippen LogP contribution >= 0.6 is 11.6 Å². The fourth-order valence-electron chi connectivity index (χ4n) is 2.01. The number of nitrogens with zero attached hydrogens (tertiary/aromatic N) is 2. The molecule has 0 saturated carbocycles. The Bertz CT molecular complexity index is 783. The molecule has 1 aromatic heterocycles. The van der Waals surface area contributed by atoms with Gasteiger partial charge in [0.25, 0.3) is 5.91 Å². The van der Waals surface area contributed by atoms with Gasteiger partial charge in [0.05, 0.1) is 12.4 Å². The van der Waals surface area contributed by atoms with E-state index in [0.717, 1.165) is 10.8 Å². The van der Waals surface area contributed by atoms with Crippen molar-refractivity contribution in [1.29, 1.82) is 0 Å². The molecule has 1 amide bonds. The maximum Gasteiger partial charge on any atom is 0.257 e. The second-order valence-corrected chi connectivity index (χ2v) is 4.60. The molecule has 3 aromatic rings. The van der Waals surface area contributed by atoms with Crippen molar-refractivity contribution in [2.75, 3.05) is 5.32 Å². The summed E-state index contributed by atoms with van der Waals surface area (Å²) in [5.41, 5.74) is 0.588. The van der Waals surface area contributed by atoms with Gasteiger partial charge in [-0.05, 0) is 16.8 Å². The number of halogens is 1. The SMILES string of the molecule is O=C(Nc1cncc(Cl)n1)c1cccc2ccccc12. The number of aromatic nitrogens is 2. The molecule has 0 bridgehead atoms. The third kappa shape index (κ3) is 2.46. The summed E-state index contributed by atoms with van der Waals surface area (Å²) in [7, 11) is 0. The summed E-state index contributed by atoms with van der Waals surface area (Å²) in [5.74, 6) is 0.0915. The van der Waals surface area contributed by atoms with Crippen LogP contribution in [0.4, 0.5) is 5.82 Å². The second kappa shape index (κ2) is 5.27. The number of carbonyl (C=O) groups is 1. The van der Waals surface area contributed by atoms with Crippen LogP contribution in [0.3, 0.4) is 0 Å². The van der Waals surface area contributed by atoms with Gasteiger partial charge in [0.15, 0.2) is 5.82 Å². The number of fused-ring (bicyclic) bond motifs is 1. The van der Waals surface area contributed by atoms with Crippen molar-refractivity contribution in [3.63, 3.8) is 0 Å². The van der Waals surface area contributed by atoms with Gasteiger partial charge < -0.3 is 5.32 Å². The van der Waals surface area contributed by atoms with Crippen LogP contribution in [0.25, 0.3) is 10.8 Å². The predicted molar refractivity (Wildman–Crippen MR) is 78.9 cm³/mol. The smallest absolute Gasteiger partial charge is 0.257 e. The number of nitrogens with one attached hydrogen (secondary N) is 1. The Morgan fingerprint density at radius 3 is 2.70 bits per heavy atom. The summed E-state index contributed by atoms with van der Waals surface area (Å²) in [6.45, 7) is 0. The van der Waals surface area contributed by atoms with Crippen LogP contribution in [0, 0.1) is 0 Å². The fourth-order valence-corrected chi connectivity index (χ4v) is 2.16. The van der Waals surface area contributed by atoms with Gasteiger partial charge in [0.2, 0.25) is 0 Å². The molecule has 0 saturated heterocycles. The third-order valence-electron chi connectivity index (χ3n) is 2.88. The summed E-state index contributed by atoms with van der Waals surface area (Å²) in [4.78, 5) is 20.2. The van der Waals surface area contributed by atoms with E-state index in [0.29, 0.717) is 11.4 Å². The zero-order valence-corrected chi connectivity index (χ0v) is 11.1. The zero-order chi connectivity index (χ0) is 13.9. The summed E-state index contributed by atoms with van der Waals surface area (Å²) in [6, 6.07) is 13.3. The maximum absolute atomic E-state index is 12.3. The van der Waals surface area contributed by atoms with Crippen LogP contribution < -0.4 is 5.32 Å². The lowest BCUT2D eigenvalue weighted by Crippen LogP contribution is -2.13. The van der Waals surface area contributed by atoms with Crippen molar-refractivity contribution in [3.8, 4) is 0 Å². The summed E-state index contributed by atoms with van der Waals surface area (Å²) in [5, 5.41) is 4.83. The number of benzene rings is 2. The van der Waals surface area contributed by atoms with Crippen molar-refractivity contribution < 1.29 is 4.79 Å². The van der Waals surface area contributed by atoms with Gasteiger partial charge in [0, 0.05) is 5.56 Å². The lowest BCUT2D eigenvalue weighted by Gasteiger charge is -2.07. The molecule has 1 heterocycles. The van der Waals surface area contributed by atoms with E-state index < -0.39 is 0 Å². The van der Waals surface area contributed by atoms with E-state index in [2.05, 4.69) is 15.3 Å². The van der Waals surface area contributed by atoms with Crippen LogP contribution in [-0.2, 0) is 0 Å². The first-order valence-corrected chi connectivity index (χ1v) is 6.38. The minimum Gasteiger partial charge on any atom is -0.305 e. The van der Waals surface area contributed by atoms with Crippen molar-refractivity contribution in [3.05, 3.63) is 65.6 Å². The molecular weight excluding hydrogens is 274 g/mol. The highest BCUT2D eigenvalue weighted by atomic mass is 35.5. The number of amides is 1. The van der Waals surface area contributed by atoms with E-state index in [4.69, 9.17) is 11.6 Å². The normalized spacial score (nSPS) is 10.4. The molecule has 0 spiro atoms. The molecule has 4 nitrogen and oxygen atoms in total. The van der Waals surface area contributed by atoms with E-state index in [9.17, 15) is 4.79 Å². The quantitative estimate of drug-likeness (QED) is 0.783. The molecule has 0 aliphatic heterocycles. The average molecular weight is 284 g/mol. The highest BCUT2D eigenvalue weighted by molar-refractivity contribution is 6.29. The first kappa shape index (κ1) is 12.6. The summed E-state index contributed by atoms with van der Waals surface area (Å²) >= 11 is 5.74. The number of rotatable bonds is 2. The second-order valence-electron chi connectivity index (χ2n) is 4.21. The van der Waals surface area contributed by atoms with Crippen molar-refractivity contribution in [2.24, 2.45) is 0 Å². The van der Waals surface area contributed by atoms with Crippen molar-refractivity contribution in [2.45, 2.75) is 0 Å². The lowest BCUT2D eigenvalue weighted by atomic mass is 10.0. The van der Waals surface area contributed by atoms with Crippen LogP contribution in [0.1, 0.15) is 10.4 Å². The van der Waals surface area contributed by atoms with Crippen molar-refractivity contribution >= 4 is 34.1 Å². The molecule has 20 heavy (non-hydrogen) atoms. The Morgan fingerprint density at radius 2 is 1.85 bits per heavy atom. The molecule has 2 aromatic carbocycles. The van der Waals surface area contributed by atoms with Crippen molar-refractivity contribution in [1.82, 2.24) is 9.97 Å². The minimum atomic E-state index is -0.238. The van der Waals surface area contributed by atoms with Gasteiger partial charge in [-0.1, -0.05) is 48.0 Å². The van der Waals surface area contributed by atoms with E-state index in [-0.39, 0.29) is 11.1 Å². The van der Waals surface area contributed by atoms with Gasteiger partial charge in [0.1, 0.15) is 5.15 Å². The molecule has 0 fully saturated rings. The van der Waals surface area contributed by atoms with Gasteiger partial charge in [-0.25, -0.2) is 4.98 Å². The monoisotopic (exact) mass is 283 g/mol. The molecule has 5 heteroatoms. The molecular formula is C15H10ClN3O. The van der Waals surface area contributed by atoms with Crippen LogP contribution in [0.15, 0.2) is 54.9 Å². The van der Waals surface area contributed by atoms with E-state index in [1.165, 1.54) is 12.4 Å². The Morgan fingerprint density at radius 1 is 1.05 bits per heavy atom. The minimum absolute atomic E-state index is 0.237. The van der Waals surface area contributed by atoms with Crippen LogP contribution in [-0.4, -0.2) is 15.9 Å². The van der Waals surface area contributed by atoms with Crippen LogP contribution in [0.2, 0.25) is 5.15 Å². The Labute approximate surface area is 120 Å². The van der Waals surface area contributed by atoms with Gasteiger partial charge in [-0.15, -0.1) is 0 Å².